The molecule has 0 bridgehead atoms. The van der Waals surface area contributed by atoms with Crippen LogP contribution in [0.4, 0.5) is 0 Å². The van der Waals surface area contributed by atoms with Crippen molar-refractivity contribution in [1.29, 1.82) is 0 Å². The van der Waals surface area contributed by atoms with Crippen molar-refractivity contribution >= 4 is 38.1 Å². The number of carbonyl (C=O) groups excluding carboxylic acids is 1. The van der Waals surface area contributed by atoms with E-state index >= 15 is 0 Å². The first-order valence-electron chi connectivity index (χ1n) is 3.81. The smallest absolute Gasteiger partial charge is 0.210 e. The standard InChI is InChI=1S/C9H6BrNO3S/c10-9-3-1-8(2-4-9)5-6-15(13,14)11-7-12/h1-6H. The SMILES string of the molecule is O=C=NS(=O)(=O)C=Cc1ccc(Br)cc1. The van der Waals surface area contributed by atoms with Gasteiger partial charge in [0.25, 0.3) is 16.1 Å². The third-order valence-electron chi connectivity index (χ3n) is 1.47. The van der Waals surface area contributed by atoms with Crippen molar-refractivity contribution in [3.05, 3.63) is 39.7 Å². The Kier molecular flexibility index (Phi) is 3.96. The minimum Gasteiger partial charge on any atom is -0.210 e. The molecule has 0 unspecified atom stereocenters. The summed E-state index contributed by atoms with van der Waals surface area (Å²) in [6, 6.07) is 6.99. The molecular weight excluding hydrogens is 282 g/mol. The van der Waals surface area contributed by atoms with Gasteiger partial charge in [0.2, 0.25) is 0 Å². The van der Waals surface area contributed by atoms with Gasteiger partial charge in [-0.25, -0.2) is 4.79 Å². The summed E-state index contributed by atoms with van der Waals surface area (Å²) in [6.07, 6.45) is 2.33. The maximum atomic E-state index is 10.9. The number of rotatable bonds is 3. The van der Waals surface area contributed by atoms with Crippen LogP contribution in [0.2, 0.25) is 0 Å². The molecule has 0 spiro atoms. The fourth-order valence-corrected chi connectivity index (χ4v) is 1.58. The molecule has 0 heterocycles. The molecule has 0 aliphatic carbocycles. The van der Waals surface area contributed by atoms with E-state index in [1.807, 2.05) is 0 Å². The van der Waals surface area contributed by atoms with Gasteiger partial charge in [0.1, 0.15) is 0 Å². The molecule has 4 nitrogen and oxygen atoms in total. The second kappa shape index (κ2) is 5.02. The van der Waals surface area contributed by atoms with Crippen LogP contribution >= 0.6 is 15.9 Å². The van der Waals surface area contributed by atoms with E-state index in [1.165, 1.54) is 6.08 Å². The van der Waals surface area contributed by atoms with Crippen LogP contribution in [0.1, 0.15) is 5.56 Å². The van der Waals surface area contributed by atoms with Crippen LogP contribution in [0.25, 0.3) is 6.08 Å². The van der Waals surface area contributed by atoms with Crippen LogP contribution in [0.3, 0.4) is 0 Å². The number of halogens is 1. The summed E-state index contributed by atoms with van der Waals surface area (Å²) in [7, 11) is -3.83. The number of hydrogen-bond acceptors (Lipinski definition) is 3. The Morgan fingerprint density at radius 1 is 1.27 bits per heavy atom. The topological polar surface area (TPSA) is 63.6 Å². The van der Waals surface area contributed by atoms with Crippen molar-refractivity contribution in [2.45, 2.75) is 0 Å². The Bertz CT molecular complexity index is 513. The van der Waals surface area contributed by atoms with Crippen LogP contribution in [-0.4, -0.2) is 14.5 Å². The van der Waals surface area contributed by atoms with E-state index in [9.17, 15) is 13.2 Å². The van der Waals surface area contributed by atoms with Gasteiger partial charge in [-0.1, -0.05) is 32.5 Å². The lowest BCUT2D eigenvalue weighted by molar-refractivity contribution is 0.564. The summed E-state index contributed by atoms with van der Waals surface area (Å²) in [5.41, 5.74) is 0.697. The second-order valence-electron chi connectivity index (χ2n) is 2.55. The molecule has 15 heavy (non-hydrogen) atoms. The van der Waals surface area contributed by atoms with Gasteiger partial charge in [-0.15, -0.1) is 0 Å². The largest absolute Gasteiger partial charge is 0.285 e. The molecule has 0 atom stereocenters. The van der Waals surface area contributed by atoms with Gasteiger partial charge in [-0.2, -0.15) is 8.42 Å². The highest BCUT2D eigenvalue weighted by Gasteiger charge is 2.00. The summed E-state index contributed by atoms with van der Waals surface area (Å²) < 4.78 is 25.4. The summed E-state index contributed by atoms with van der Waals surface area (Å²) in [4.78, 5) is 9.77. The van der Waals surface area contributed by atoms with Gasteiger partial charge in [0, 0.05) is 4.47 Å². The summed E-state index contributed by atoms with van der Waals surface area (Å²) in [5, 5.41) is 0.848. The van der Waals surface area contributed by atoms with Crippen LogP contribution < -0.4 is 0 Å². The Balaban J connectivity index is 2.92. The van der Waals surface area contributed by atoms with Crippen molar-refractivity contribution in [2.75, 3.05) is 0 Å². The van der Waals surface area contributed by atoms with Crippen molar-refractivity contribution in [3.8, 4) is 0 Å². The predicted molar refractivity (Wildman–Crippen MR) is 60.2 cm³/mol. The number of isocyanates is 1. The van der Waals surface area contributed by atoms with Crippen LogP contribution in [-0.2, 0) is 14.8 Å². The molecule has 0 aliphatic heterocycles. The molecule has 0 amide bonds. The Morgan fingerprint density at radius 3 is 2.40 bits per heavy atom. The molecule has 0 aromatic heterocycles. The van der Waals surface area contributed by atoms with Gasteiger partial charge in [-0.05, 0) is 23.8 Å². The van der Waals surface area contributed by atoms with E-state index in [4.69, 9.17) is 0 Å². The number of nitrogens with zero attached hydrogens (tertiary/aromatic N) is 1. The number of benzene rings is 1. The third kappa shape index (κ3) is 4.20. The number of sulfonamides is 1. The molecule has 1 rings (SSSR count). The predicted octanol–water partition coefficient (Wildman–Crippen LogP) is 2.09. The van der Waals surface area contributed by atoms with Crippen molar-refractivity contribution in [1.82, 2.24) is 0 Å². The average molecular weight is 288 g/mol. The van der Waals surface area contributed by atoms with Crippen molar-refractivity contribution in [2.24, 2.45) is 4.40 Å². The first-order chi connectivity index (χ1) is 7.03. The van der Waals surface area contributed by atoms with E-state index in [-0.39, 0.29) is 0 Å². The normalized spacial score (nSPS) is 11.3. The van der Waals surface area contributed by atoms with E-state index in [0.717, 1.165) is 16.0 Å². The molecule has 6 heteroatoms. The van der Waals surface area contributed by atoms with Crippen molar-refractivity contribution in [3.63, 3.8) is 0 Å². The second-order valence-corrected chi connectivity index (χ2v) is 4.95. The molecule has 0 saturated heterocycles. The third-order valence-corrected chi connectivity index (χ3v) is 2.80. The molecule has 0 aliphatic rings. The fourth-order valence-electron chi connectivity index (χ4n) is 0.821. The average Bonchev–Trinajstić information content (AvgIpc) is 2.17. The summed E-state index contributed by atoms with van der Waals surface area (Å²) >= 11 is 3.25. The molecule has 0 N–H and O–H groups in total. The summed E-state index contributed by atoms with van der Waals surface area (Å²) in [5.74, 6) is 0. The first kappa shape index (κ1) is 11.8. The fraction of sp³-hybridized carbons (Fsp3) is 0. The Morgan fingerprint density at radius 2 is 1.87 bits per heavy atom. The quantitative estimate of drug-likeness (QED) is 0.632. The molecule has 0 saturated carbocycles. The van der Waals surface area contributed by atoms with Gasteiger partial charge in [0.15, 0.2) is 0 Å². The van der Waals surface area contributed by atoms with Gasteiger partial charge < -0.3 is 0 Å². The number of hydrogen-bond donors (Lipinski definition) is 0. The van der Waals surface area contributed by atoms with Gasteiger partial charge in [-0.3, -0.25) is 0 Å². The molecule has 1 aromatic carbocycles. The molecule has 1 aromatic rings. The maximum Gasteiger partial charge on any atom is 0.285 e. The van der Waals surface area contributed by atoms with E-state index in [2.05, 4.69) is 20.3 Å². The minimum absolute atomic E-state index is 0.697. The molecule has 0 fully saturated rings. The summed E-state index contributed by atoms with van der Waals surface area (Å²) in [6.45, 7) is 0. The van der Waals surface area contributed by atoms with E-state index in [1.54, 1.807) is 24.3 Å². The highest BCUT2D eigenvalue weighted by molar-refractivity contribution is 9.10. The zero-order valence-corrected chi connectivity index (χ0v) is 9.82. The molecule has 78 valence electrons. The molecule has 0 radical (unpaired) electrons. The van der Waals surface area contributed by atoms with Crippen LogP contribution in [0.5, 0.6) is 0 Å². The minimum atomic E-state index is -3.83. The zero-order valence-electron chi connectivity index (χ0n) is 7.42. The van der Waals surface area contributed by atoms with Gasteiger partial charge >= 0.3 is 0 Å². The Labute approximate surface area is 95.5 Å². The van der Waals surface area contributed by atoms with E-state index < -0.39 is 10.0 Å². The van der Waals surface area contributed by atoms with Gasteiger partial charge in [0.05, 0.1) is 5.41 Å². The maximum absolute atomic E-state index is 10.9. The Hall–Kier alpha value is -1.23. The van der Waals surface area contributed by atoms with Crippen LogP contribution in [0, 0.1) is 0 Å². The van der Waals surface area contributed by atoms with Crippen molar-refractivity contribution < 1.29 is 13.2 Å². The highest BCUT2D eigenvalue weighted by atomic mass is 79.9. The van der Waals surface area contributed by atoms with Crippen LogP contribution in [0.15, 0.2) is 38.5 Å². The highest BCUT2D eigenvalue weighted by Crippen LogP contribution is 2.12. The lowest BCUT2D eigenvalue weighted by Gasteiger charge is -1.92. The van der Waals surface area contributed by atoms with E-state index in [0.29, 0.717) is 5.56 Å². The first-order valence-corrected chi connectivity index (χ1v) is 6.11. The lowest BCUT2D eigenvalue weighted by Crippen LogP contribution is -1.87. The lowest BCUT2D eigenvalue weighted by atomic mass is 10.2. The monoisotopic (exact) mass is 287 g/mol. The zero-order chi connectivity index (χ0) is 11.3. The molecular formula is C9H6BrNO3S.